The molecule has 0 saturated carbocycles. The molecule has 1 atom stereocenters. The second-order valence-corrected chi connectivity index (χ2v) is 4.58. The first-order valence-corrected chi connectivity index (χ1v) is 5.61. The predicted octanol–water partition coefficient (Wildman–Crippen LogP) is 2.18. The van der Waals surface area contributed by atoms with Gasteiger partial charge in [-0.05, 0) is 16.7 Å². The first-order chi connectivity index (χ1) is 5.64. The summed E-state index contributed by atoms with van der Waals surface area (Å²) < 4.78 is 19.3. The van der Waals surface area contributed by atoms with Crippen molar-refractivity contribution in [3.05, 3.63) is 30.3 Å². The summed E-state index contributed by atoms with van der Waals surface area (Å²) in [5, 5.41) is 0. The van der Waals surface area contributed by atoms with Crippen molar-refractivity contribution in [3.63, 3.8) is 0 Å². The average molecular weight is 208 g/mol. The van der Waals surface area contributed by atoms with Crippen LogP contribution in [0, 0.1) is 0 Å². The van der Waals surface area contributed by atoms with Crippen molar-refractivity contribution in [2.45, 2.75) is 0 Å². The maximum absolute atomic E-state index is 11.5. The molecule has 0 aromatic heterocycles. The van der Waals surface area contributed by atoms with Crippen LogP contribution in [0.25, 0.3) is 0 Å². The molecule has 1 aromatic rings. The van der Waals surface area contributed by atoms with Crippen LogP contribution < -0.4 is 4.52 Å². The Hall–Kier alpha value is -0.480. The van der Waals surface area contributed by atoms with Gasteiger partial charge in [-0.1, -0.05) is 22.9 Å². The van der Waals surface area contributed by atoms with Gasteiger partial charge in [0.1, 0.15) is 5.75 Å². The minimum Gasteiger partial charge on any atom is -0.423 e. The molecule has 1 N–H and O–H groups in total. The third-order valence-electron chi connectivity index (χ3n) is 1.05. The summed E-state index contributed by atoms with van der Waals surface area (Å²) in [6, 6.07) is 8.17. The van der Waals surface area contributed by atoms with E-state index >= 15 is 0 Å². The molecule has 1 rings (SSSR count). The largest absolute Gasteiger partial charge is 0.423 e. The highest BCUT2D eigenvalue weighted by Gasteiger charge is 2.16. The summed E-state index contributed by atoms with van der Waals surface area (Å²) in [5.74, 6) is 0.279. The number of hydrogen-bond acceptors (Lipinski definition) is 3. The van der Waals surface area contributed by atoms with E-state index < -0.39 is 6.72 Å². The summed E-state index contributed by atoms with van der Waals surface area (Å²) >= 11 is 4.27. The normalized spacial score (nSPS) is 15.2. The van der Waals surface area contributed by atoms with Crippen LogP contribution in [0.1, 0.15) is 0 Å². The molecule has 0 bridgehead atoms. The van der Waals surface area contributed by atoms with Crippen LogP contribution in [-0.2, 0) is 16.5 Å². The molecule has 0 aliphatic carbocycles. The summed E-state index contributed by atoms with van der Waals surface area (Å²) in [6.45, 7) is -3.73. The van der Waals surface area contributed by atoms with Crippen molar-refractivity contribution < 1.29 is 18.7 Å². The van der Waals surface area contributed by atoms with Gasteiger partial charge in [-0.15, -0.1) is 0 Å². The van der Waals surface area contributed by atoms with Crippen molar-refractivity contribution in [1.82, 2.24) is 0 Å². The molecule has 12 heavy (non-hydrogen) atoms. The number of hydrogen-bond donors (Lipinski definition) is 1. The zero-order valence-corrected chi connectivity index (χ0v) is 7.59. The molecule has 0 heterocycles. The van der Waals surface area contributed by atoms with E-state index in [1.54, 1.807) is 18.2 Å². The highest BCUT2D eigenvalue weighted by molar-refractivity contribution is 8.07. The molecular weight excluding hydrogens is 202 g/mol. The van der Waals surface area contributed by atoms with Gasteiger partial charge >= 0.3 is 6.72 Å². The quantitative estimate of drug-likeness (QED) is 0.772. The first-order valence-electron chi connectivity index (χ1n) is 3.02. The SMILES string of the molecule is OP(=S)(OF)Oc1ccccc1. The molecule has 0 aliphatic rings. The summed E-state index contributed by atoms with van der Waals surface area (Å²) in [5.41, 5.74) is 0. The second-order valence-electron chi connectivity index (χ2n) is 1.94. The van der Waals surface area contributed by atoms with Crippen molar-refractivity contribution in [2.24, 2.45) is 0 Å². The second kappa shape index (κ2) is 3.96. The number of halogens is 1. The topological polar surface area (TPSA) is 38.7 Å². The van der Waals surface area contributed by atoms with E-state index in [0.29, 0.717) is 0 Å². The lowest BCUT2D eigenvalue weighted by Gasteiger charge is -2.10. The van der Waals surface area contributed by atoms with E-state index in [9.17, 15) is 4.53 Å². The molecule has 0 saturated heterocycles. The Morgan fingerprint density at radius 3 is 2.42 bits per heavy atom. The zero-order chi connectivity index (χ0) is 9.03. The fourth-order valence-electron chi connectivity index (χ4n) is 0.629. The minimum atomic E-state index is -3.73. The molecule has 66 valence electrons. The molecule has 0 radical (unpaired) electrons. The number of rotatable bonds is 3. The lowest BCUT2D eigenvalue weighted by molar-refractivity contribution is -0.0193. The van der Waals surface area contributed by atoms with Crippen LogP contribution in [0.3, 0.4) is 0 Å². The van der Waals surface area contributed by atoms with E-state index in [0.717, 1.165) is 0 Å². The Morgan fingerprint density at radius 2 is 1.92 bits per heavy atom. The van der Waals surface area contributed by atoms with Crippen molar-refractivity contribution in [1.29, 1.82) is 0 Å². The summed E-state index contributed by atoms with van der Waals surface area (Å²) in [6.07, 6.45) is 0. The molecule has 0 amide bonds. The number of para-hydroxylation sites is 1. The lowest BCUT2D eigenvalue weighted by Crippen LogP contribution is -1.90. The standard InChI is InChI=1S/C6H6FO3PS/c7-10-11(8,12)9-6-4-2-1-3-5-6/h1-5H,(H,8,12). The van der Waals surface area contributed by atoms with Gasteiger partial charge in [-0.2, -0.15) is 0 Å². The molecule has 1 unspecified atom stereocenters. The van der Waals surface area contributed by atoms with E-state index in [4.69, 9.17) is 4.89 Å². The predicted molar refractivity (Wildman–Crippen MR) is 45.8 cm³/mol. The van der Waals surface area contributed by atoms with Crippen LogP contribution in [0.2, 0.25) is 0 Å². The fraction of sp³-hybridized carbons (Fsp3) is 0. The third-order valence-corrected chi connectivity index (χ3v) is 2.06. The summed E-state index contributed by atoms with van der Waals surface area (Å²) in [4.78, 5) is 8.88. The van der Waals surface area contributed by atoms with Crippen LogP contribution in [0.5, 0.6) is 5.75 Å². The minimum absolute atomic E-state index is 0.279. The zero-order valence-electron chi connectivity index (χ0n) is 5.88. The van der Waals surface area contributed by atoms with E-state index in [2.05, 4.69) is 21.1 Å². The van der Waals surface area contributed by atoms with E-state index in [1.807, 2.05) is 0 Å². The lowest BCUT2D eigenvalue weighted by atomic mass is 10.3. The van der Waals surface area contributed by atoms with Gasteiger partial charge in [0.05, 0.1) is 0 Å². The van der Waals surface area contributed by atoms with Gasteiger partial charge < -0.3 is 9.42 Å². The molecule has 3 nitrogen and oxygen atoms in total. The maximum Gasteiger partial charge on any atom is 0.410 e. The molecule has 0 spiro atoms. The Labute approximate surface area is 73.9 Å². The monoisotopic (exact) mass is 208 g/mol. The van der Waals surface area contributed by atoms with Crippen LogP contribution in [0.4, 0.5) is 4.53 Å². The molecule has 1 aromatic carbocycles. The maximum atomic E-state index is 11.5. The fourth-order valence-corrected chi connectivity index (χ4v) is 1.30. The Morgan fingerprint density at radius 1 is 1.33 bits per heavy atom. The van der Waals surface area contributed by atoms with E-state index in [1.165, 1.54) is 12.1 Å². The van der Waals surface area contributed by atoms with Gasteiger partial charge in [-0.25, -0.2) is 0 Å². The number of benzene rings is 1. The van der Waals surface area contributed by atoms with Crippen molar-refractivity contribution >= 4 is 18.5 Å². The smallest absolute Gasteiger partial charge is 0.410 e. The Balaban J connectivity index is 2.71. The Bertz CT molecular complexity index is 292. The van der Waals surface area contributed by atoms with Crippen molar-refractivity contribution in [3.8, 4) is 5.75 Å². The first kappa shape index (κ1) is 9.61. The Kier molecular flexibility index (Phi) is 3.17. The highest BCUT2D eigenvalue weighted by Crippen LogP contribution is 2.44. The highest BCUT2D eigenvalue weighted by atomic mass is 32.5. The van der Waals surface area contributed by atoms with Gasteiger partial charge in [0, 0.05) is 11.8 Å². The van der Waals surface area contributed by atoms with Crippen LogP contribution in [0.15, 0.2) is 30.3 Å². The van der Waals surface area contributed by atoms with Gasteiger partial charge in [-0.3, -0.25) is 0 Å². The molecule has 0 aliphatic heterocycles. The van der Waals surface area contributed by atoms with E-state index in [-0.39, 0.29) is 5.75 Å². The van der Waals surface area contributed by atoms with Gasteiger partial charge in [0.2, 0.25) is 0 Å². The van der Waals surface area contributed by atoms with Gasteiger partial charge in [0.15, 0.2) is 0 Å². The van der Waals surface area contributed by atoms with Crippen LogP contribution >= 0.6 is 6.72 Å². The molecule has 0 fully saturated rings. The average Bonchev–Trinajstić information content (AvgIpc) is 2.06. The van der Waals surface area contributed by atoms with Crippen molar-refractivity contribution in [2.75, 3.05) is 0 Å². The van der Waals surface area contributed by atoms with Gasteiger partial charge in [0.25, 0.3) is 0 Å². The van der Waals surface area contributed by atoms with Crippen LogP contribution in [-0.4, -0.2) is 4.89 Å². The third kappa shape index (κ3) is 2.87. The molecular formula is C6H6FO3PS. The summed E-state index contributed by atoms with van der Waals surface area (Å²) in [7, 11) is 0. The molecule has 6 heteroatoms.